The van der Waals surface area contributed by atoms with Crippen molar-refractivity contribution in [3.05, 3.63) is 24.2 Å². The minimum Gasteiger partial charge on any atom is -0.468 e. The maximum Gasteiger partial charge on any atom is 0.191 e. The molecule has 2 fully saturated rings. The number of piperidine rings is 1. The summed E-state index contributed by atoms with van der Waals surface area (Å²) < 4.78 is 29.0. The number of sulfone groups is 1. The molecule has 2 atom stereocenters. The number of hydrogen-bond donors (Lipinski definition) is 2. The first-order valence-electron chi connectivity index (χ1n) is 9.60. The molecule has 3 heterocycles. The van der Waals surface area contributed by atoms with E-state index in [0.717, 1.165) is 25.4 Å². The Kier molecular flexibility index (Phi) is 8.87. The number of halogens is 1. The Labute approximate surface area is 179 Å². The minimum absolute atomic E-state index is 0. The molecule has 0 aliphatic carbocycles. The summed E-state index contributed by atoms with van der Waals surface area (Å²) in [6.07, 6.45) is 6.05. The van der Waals surface area contributed by atoms with Crippen molar-refractivity contribution >= 4 is 39.8 Å². The Balaban J connectivity index is 0.00000261. The van der Waals surface area contributed by atoms with Crippen molar-refractivity contribution in [3.8, 4) is 0 Å². The number of likely N-dealkylation sites (tertiary alicyclic amines) is 1. The lowest BCUT2D eigenvalue weighted by Crippen LogP contribution is -2.44. The highest BCUT2D eigenvalue weighted by Crippen LogP contribution is 2.25. The Morgan fingerprint density at radius 1 is 1.37 bits per heavy atom. The van der Waals surface area contributed by atoms with Crippen molar-refractivity contribution in [2.75, 3.05) is 37.7 Å². The molecule has 27 heavy (non-hydrogen) atoms. The van der Waals surface area contributed by atoms with E-state index >= 15 is 0 Å². The average molecular weight is 510 g/mol. The number of guanidine groups is 1. The van der Waals surface area contributed by atoms with Crippen molar-refractivity contribution in [1.82, 2.24) is 15.5 Å². The molecule has 154 valence electrons. The summed E-state index contributed by atoms with van der Waals surface area (Å²) in [5.74, 6) is 2.07. The molecule has 2 unspecified atom stereocenters. The minimum atomic E-state index is -2.91. The second kappa shape index (κ2) is 10.7. The molecule has 1 aromatic heterocycles. The van der Waals surface area contributed by atoms with Crippen LogP contribution in [0.5, 0.6) is 0 Å². The van der Waals surface area contributed by atoms with Gasteiger partial charge in [0.15, 0.2) is 15.8 Å². The number of rotatable bonds is 6. The van der Waals surface area contributed by atoms with Crippen LogP contribution >= 0.6 is 24.0 Å². The van der Waals surface area contributed by atoms with Gasteiger partial charge in [0.05, 0.1) is 30.4 Å². The Morgan fingerprint density at radius 3 is 2.74 bits per heavy atom. The van der Waals surface area contributed by atoms with Crippen LogP contribution < -0.4 is 10.6 Å². The molecular weight excluding hydrogens is 479 g/mol. The molecule has 2 N–H and O–H groups in total. The molecule has 2 aliphatic heterocycles. The van der Waals surface area contributed by atoms with E-state index in [2.05, 4.69) is 15.5 Å². The fraction of sp³-hybridized carbons (Fsp3) is 0.722. The van der Waals surface area contributed by atoms with Crippen molar-refractivity contribution in [2.45, 2.75) is 44.7 Å². The van der Waals surface area contributed by atoms with Gasteiger partial charge in [0.1, 0.15) is 5.76 Å². The summed E-state index contributed by atoms with van der Waals surface area (Å²) >= 11 is 0. The Hall–Kier alpha value is -0.810. The molecule has 0 saturated carbocycles. The first-order valence-corrected chi connectivity index (χ1v) is 11.4. The molecule has 0 radical (unpaired) electrons. The van der Waals surface area contributed by atoms with Crippen molar-refractivity contribution in [2.24, 2.45) is 4.99 Å². The van der Waals surface area contributed by atoms with E-state index in [4.69, 9.17) is 9.41 Å². The van der Waals surface area contributed by atoms with Crippen LogP contribution in [-0.4, -0.2) is 63.0 Å². The van der Waals surface area contributed by atoms with E-state index < -0.39 is 9.84 Å². The topological polar surface area (TPSA) is 86.9 Å². The molecule has 9 heteroatoms. The van der Waals surface area contributed by atoms with Gasteiger partial charge in [0, 0.05) is 12.6 Å². The number of hydrogen-bond acceptors (Lipinski definition) is 5. The first-order chi connectivity index (χ1) is 12.6. The summed E-state index contributed by atoms with van der Waals surface area (Å²) in [4.78, 5) is 7.19. The smallest absolute Gasteiger partial charge is 0.191 e. The Bertz CT molecular complexity index is 687. The van der Waals surface area contributed by atoms with Crippen LogP contribution in [-0.2, 0) is 9.84 Å². The number of nitrogens with zero attached hydrogens (tertiary/aromatic N) is 2. The van der Waals surface area contributed by atoms with E-state index in [1.807, 2.05) is 19.1 Å². The fourth-order valence-corrected chi connectivity index (χ4v) is 5.37. The highest BCUT2D eigenvalue weighted by molar-refractivity contribution is 14.0. The standard InChI is InChI=1S/C18H30N4O3S.HI/c1-2-19-18(21-15-8-12-26(23,24)14-15)20-13-16(17-7-6-11-25-17)22-9-4-3-5-10-22;/h6-7,11,15-16H,2-5,8-10,12-14H2,1H3,(H2,19,20,21);1H. The monoisotopic (exact) mass is 510 g/mol. The summed E-state index contributed by atoms with van der Waals surface area (Å²) in [6, 6.07) is 3.99. The lowest BCUT2D eigenvalue weighted by molar-refractivity contribution is 0.150. The zero-order valence-corrected chi connectivity index (χ0v) is 19.0. The van der Waals surface area contributed by atoms with Gasteiger partial charge in [0.2, 0.25) is 0 Å². The molecule has 2 aliphatic rings. The van der Waals surface area contributed by atoms with Gasteiger partial charge in [-0.3, -0.25) is 9.89 Å². The van der Waals surface area contributed by atoms with Gasteiger partial charge in [-0.1, -0.05) is 6.42 Å². The molecule has 0 bridgehead atoms. The first kappa shape index (κ1) is 22.5. The SMILES string of the molecule is CCNC(=NCC(c1ccco1)N1CCCCC1)NC1CCS(=O)(=O)C1.I. The Morgan fingerprint density at radius 2 is 2.15 bits per heavy atom. The molecule has 0 spiro atoms. The van der Waals surface area contributed by atoms with Crippen LogP contribution in [0.2, 0.25) is 0 Å². The lowest BCUT2D eigenvalue weighted by atomic mass is 10.1. The van der Waals surface area contributed by atoms with Crippen LogP contribution in [0, 0.1) is 0 Å². The third kappa shape index (κ3) is 6.63. The van der Waals surface area contributed by atoms with Crippen LogP contribution in [0.15, 0.2) is 27.8 Å². The molecule has 3 rings (SSSR count). The summed E-state index contributed by atoms with van der Waals surface area (Å²) in [7, 11) is -2.91. The van der Waals surface area contributed by atoms with E-state index in [0.29, 0.717) is 18.9 Å². The van der Waals surface area contributed by atoms with E-state index in [9.17, 15) is 8.42 Å². The highest BCUT2D eigenvalue weighted by Gasteiger charge is 2.29. The average Bonchev–Trinajstić information content (AvgIpc) is 3.26. The predicted octanol–water partition coefficient (Wildman–Crippen LogP) is 2.17. The molecule has 1 aromatic rings. The van der Waals surface area contributed by atoms with Crippen molar-refractivity contribution < 1.29 is 12.8 Å². The number of nitrogens with one attached hydrogen (secondary N) is 2. The normalized spacial score (nSPS) is 24.2. The highest BCUT2D eigenvalue weighted by atomic mass is 127. The van der Waals surface area contributed by atoms with Gasteiger partial charge in [-0.05, 0) is 51.4 Å². The molecule has 2 saturated heterocycles. The van der Waals surface area contributed by atoms with Crippen LogP contribution in [0.4, 0.5) is 0 Å². The second-order valence-electron chi connectivity index (χ2n) is 7.09. The summed E-state index contributed by atoms with van der Waals surface area (Å²) in [5, 5.41) is 6.52. The van der Waals surface area contributed by atoms with Crippen molar-refractivity contribution in [1.29, 1.82) is 0 Å². The van der Waals surface area contributed by atoms with Gasteiger partial charge in [-0.2, -0.15) is 0 Å². The number of furan rings is 1. The summed E-state index contributed by atoms with van der Waals surface area (Å²) in [5.41, 5.74) is 0. The van der Waals surface area contributed by atoms with Crippen molar-refractivity contribution in [3.63, 3.8) is 0 Å². The third-order valence-corrected chi connectivity index (χ3v) is 6.81. The fourth-order valence-electron chi connectivity index (χ4n) is 3.70. The van der Waals surface area contributed by atoms with E-state index in [1.165, 1.54) is 19.3 Å². The summed E-state index contributed by atoms with van der Waals surface area (Å²) in [6.45, 7) is 5.46. The quantitative estimate of drug-likeness (QED) is 0.347. The van der Waals surface area contributed by atoms with Gasteiger partial charge >= 0.3 is 0 Å². The van der Waals surface area contributed by atoms with Gasteiger partial charge in [-0.15, -0.1) is 24.0 Å². The van der Waals surface area contributed by atoms with Crippen LogP contribution in [0.25, 0.3) is 0 Å². The zero-order valence-electron chi connectivity index (χ0n) is 15.9. The predicted molar refractivity (Wildman–Crippen MR) is 118 cm³/mol. The largest absolute Gasteiger partial charge is 0.468 e. The maximum atomic E-state index is 11.7. The number of aliphatic imine (C=N–C) groups is 1. The third-order valence-electron chi connectivity index (χ3n) is 5.04. The van der Waals surface area contributed by atoms with E-state index in [1.54, 1.807) is 6.26 Å². The lowest BCUT2D eigenvalue weighted by Gasteiger charge is -2.32. The zero-order chi connectivity index (χ0) is 18.4. The second-order valence-corrected chi connectivity index (χ2v) is 9.32. The molecule has 7 nitrogen and oxygen atoms in total. The molecule has 0 amide bonds. The van der Waals surface area contributed by atoms with Gasteiger partial charge in [-0.25, -0.2) is 8.42 Å². The van der Waals surface area contributed by atoms with Crippen LogP contribution in [0.3, 0.4) is 0 Å². The maximum absolute atomic E-state index is 11.7. The van der Waals surface area contributed by atoms with Gasteiger partial charge < -0.3 is 15.1 Å². The van der Waals surface area contributed by atoms with E-state index in [-0.39, 0.29) is 47.6 Å². The van der Waals surface area contributed by atoms with Crippen LogP contribution in [0.1, 0.15) is 44.4 Å². The van der Waals surface area contributed by atoms with Gasteiger partial charge in [0.25, 0.3) is 0 Å². The molecular formula is C18H31IN4O3S. The molecule has 0 aromatic carbocycles.